The van der Waals surface area contributed by atoms with Gasteiger partial charge in [0.25, 0.3) is 0 Å². The lowest BCUT2D eigenvalue weighted by atomic mass is 10.00. The van der Waals surface area contributed by atoms with Crippen molar-refractivity contribution in [1.82, 2.24) is 0 Å². The predicted molar refractivity (Wildman–Crippen MR) is 214 cm³/mol. The van der Waals surface area contributed by atoms with Crippen LogP contribution in [0.2, 0.25) is 0 Å². The van der Waals surface area contributed by atoms with Crippen molar-refractivity contribution >= 4 is 7.82 Å². The van der Waals surface area contributed by atoms with Gasteiger partial charge < -0.3 is 13.6 Å². The van der Waals surface area contributed by atoms with Crippen molar-refractivity contribution in [3.8, 4) is 17.2 Å². The Morgan fingerprint density at radius 2 is 0.379 bits per heavy atom. The fraction of sp³-hybridized carbons (Fsp3) is 0.571. The number of para-hydroxylation sites is 1. The van der Waals surface area contributed by atoms with Gasteiger partial charge in [-0.3, -0.25) is 28.4 Å². The minimum absolute atomic E-state index is 0.523. The highest BCUT2D eigenvalue weighted by Crippen LogP contribution is 2.65. The van der Waals surface area contributed by atoms with E-state index in [2.05, 4.69) is 13.6 Å². The molecule has 6 unspecified atom stereocenters. The minimum atomic E-state index is -9.24. The Morgan fingerprint density at radius 3 is 0.563 bits per heavy atom. The normalized spacial score (nSPS) is 19.2. The van der Waals surface area contributed by atoms with Gasteiger partial charge in [-0.25, -0.2) is 0 Å². The summed E-state index contributed by atoms with van der Waals surface area (Å²) in [5, 5.41) is 0. The van der Waals surface area contributed by atoms with Gasteiger partial charge in [-0.1, -0.05) is 18.2 Å². The third-order valence-corrected chi connectivity index (χ3v) is 12.7. The van der Waals surface area contributed by atoms with Gasteiger partial charge in [0, 0.05) is 11.1 Å². The van der Waals surface area contributed by atoms with Crippen molar-refractivity contribution in [3.05, 3.63) is 90.0 Å². The zero-order valence-corrected chi connectivity index (χ0v) is 46.3. The lowest BCUT2D eigenvalue weighted by Gasteiger charge is -2.43. The second kappa shape index (κ2) is 26.2. The number of hydrogen-bond acceptors (Lipinski definition) is 10. The van der Waals surface area contributed by atoms with Crippen LogP contribution in [0.5, 0.6) is 17.2 Å². The fourth-order valence-electron chi connectivity index (χ4n) is 6.26. The number of phosphoric ester groups is 1. The summed E-state index contributed by atoms with van der Waals surface area (Å²) in [4.78, 5) is 0. The number of hydrogen-bond donors (Lipinski definition) is 0. The third kappa shape index (κ3) is 16.0. The smallest absolute Gasteiger partial charge is 0.386 e. The van der Waals surface area contributed by atoms with Crippen molar-refractivity contribution in [3.63, 3.8) is 0 Å². The Balaban J connectivity index is 2.20. The van der Waals surface area contributed by atoms with Crippen LogP contribution in [0, 0.1) is 0 Å². The van der Waals surface area contributed by atoms with Crippen LogP contribution in [0.3, 0.4) is 0 Å². The lowest BCUT2D eigenvalue weighted by Crippen LogP contribution is -2.71. The van der Waals surface area contributed by atoms with Crippen molar-refractivity contribution < 1.29 is 266 Å². The van der Waals surface area contributed by atoms with Crippen molar-refractivity contribution in [2.75, 3.05) is 0 Å². The highest BCUT2D eigenvalue weighted by Gasteiger charge is 2.92. The first-order valence-corrected chi connectivity index (χ1v) is 24.8. The van der Waals surface area contributed by atoms with Crippen LogP contribution < -0.4 is 13.6 Å². The van der Waals surface area contributed by atoms with E-state index in [1.807, 2.05) is 0 Å². The fourth-order valence-corrected chi connectivity index (χ4v) is 7.51. The van der Waals surface area contributed by atoms with Crippen LogP contribution in [0.25, 0.3) is 0 Å². The molecule has 0 aliphatic rings. The first-order chi connectivity index (χ1) is 44.7. The number of rotatable bonds is 28. The van der Waals surface area contributed by atoms with Gasteiger partial charge in [-0.05, 0) is 60.7 Å². The number of phosphoric acid groups is 1. The molecule has 0 radical (unpaired) electrons. The summed E-state index contributed by atoms with van der Waals surface area (Å²) < 4.78 is 733. The molecule has 6 atom stereocenters. The summed E-state index contributed by atoms with van der Waals surface area (Å²) in [5.41, 5.74) is -6.50. The van der Waals surface area contributed by atoms with Gasteiger partial charge in [0.05, 0.1) is 0 Å². The zero-order valence-electron chi connectivity index (χ0n) is 45.4. The molecule has 0 fully saturated rings. The number of ether oxygens (including phenoxy) is 6. The van der Waals surface area contributed by atoms with E-state index in [1.54, 1.807) is 0 Å². The molecule has 0 amide bonds. The molecule has 61 heteroatoms. The van der Waals surface area contributed by atoms with Gasteiger partial charge in [-0.2, -0.15) is 224 Å². The molecule has 0 heterocycles. The Kier molecular flexibility index (Phi) is 23.1. The zero-order chi connectivity index (χ0) is 81.9. The van der Waals surface area contributed by atoms with Gasteiger partial charge in [-0.15, -0.1) is 0 Å². The Bertz CT molecular complexity index is 3250. The van der Waals surface area contributed by atoms with E-state index < -0.39 is 230 Å². The molecule has 3 rings (SSSR count). The van der Waals surface area contributed by atoms with Crippen LogP contribution in [0.1, 0.15) is 11.1 Å². The molecule has 10 nitrogen and oxygen atoms in total. The van der Waals surface area contributed by atoms with Crippen LogP contribution in [0.15, 0.2) is 78.9 Å². The maximum atomic E-state index is 15.6. The molecule has 0 spiro atoms. The van der Waals surface area contributed by atoms with E-state index in [0.29, 0.717) is 12.1 Å². The monoisotopic (exact) mass is 1660 g/mol. The van der Waals surface area contributed by atoms with E-state index in [-0.39, 0.29) is 0 Å². The Morgan fingerprint density at radius 1 is 0.204 bits per heavy atom. The molecule has 3 aromatic rings. The topological polar surface area (TPSA) is 100 Å². The largest absolute Gasteiger partial charge is 0.647 e. The van der Waals surface area contributed by atoms with Crippen LogP contribution >= 0.6 is 7.82 Å². The SMILES string of the molecule is O=P(Oc1ccccc1)(Oc1ccc(C(F)(F)C(F)(OC(F)(F)C(F)(OC(F)(F)C(F)(OC(F)(F)C(F)(F)C(F)(F)F)C(F)(F)F)C(F)(F)F)C(F)(F)F)cc1)Oc1ccc(C(F)(F)C(F)(OC(F)(F)C(F)(OC(F)(F)C(F)(OC(F)(F)C(F)(F)C(F)(F)F)C(F)(F)F)C(F)(F)F)C(F)(F)F)cc1. The molecule has 103 heavy (non-hydrogen) atoms. The Hall–Kier alpha value is -6.45. The van der Waals surface area contributed by atoms with E-state index in [9.17, 15) is 189 Å². The van der Waals surface area contributed by atoms with Crippen LogP contribution in [-0.2, 0) is 44.8 Å². The van der Waals surface area contributed by atoms with E-state index in [4.69, 9.17) is 0 Å². The van der Waals surface area contributed by atoms with Crippen molar-refractivity contribution in [1.29, 1.82) is 0 Å². The average Bonchev–Trinajstić information content (AvgIpc) is 0.715. The molecule has 0 aromatic heterocycles. The number of benzene rings is 3. The van der Waals surface area contributed by atoms with E-state index in [0.717, 1.165) is 37.1 Å². The van der Waals surface area contributed by atoms with Gasteiger partial charge >= 0.3 is 153 Å². The molecular formula is C42H13F50O10P. The summed E-state index contributed by atoms with van der Waals surface area (Å²) in [6.07, 6.45) is -123. The summed E-state index contributed by atoms with van der Waals surface area (Å²) in [6.45, 7) is 0. The second-order valence-corrected chi connectivity index (χ2v) is 20.1. The molecule has 3 aromatic carbocycles. The van der Waals surface area contributed by atoms with E-state index in [1.165, 1.54) is 9.47 Å². The second-order valence-electron chi connectivity index (χ2n) is 18.6. The predicted octanol–water partition coefficient (Wildman–Crippen LogP) is 20.9. The van der Waals surface area contributed by atoms with Crippen LogP contribution in [-0.4, -0.2) is 133 Å². The summed E-state index contributed by atoms with van der Waals surface area (Å²) >= 11 is 0. The molecule has 0 aliphatic carbocycles. The number of halogens is 50. The van der Waals surface area contributed by atoms with Crippen LogP contribution in [0.4, 0.5) is 220 Å². The highest BCUT2D eigenvalue weighted by molar-refractivity contribution is 7.49. The van der Waals surface area contributed by atoms with Crippen molar-refractivity contribution in [2.45, 2.75) is 145 Å². The van der Waals surface area contributed by atoms with Gasteiger partial charge in [0.15, 0.2) is 0 Å². The molecule has 0 bridgehead atoms. The van der Waals surface area contributed by atoms with Gasteiger partial charge in [0.2, 0.25) is 0 Å². The maximum absolute atomic E-state index is 15.6. The average molecular weight is 1660 g/mol. The van der Waals surface area contributed by atoms with E-state index >= 15 is 35.1 Å². The standard InChI is InChI=1S/C42H13F50O10P/c43-19(44,23(51,31(63,64)65)97-39(85,86)27(55,35(75,76)77)101-41(89,90)25(53,33(69,70)71)99-37(81,82)21(47,48)29(57,58)59)14-6-10-17(11-7-14)95-103(93,94-16-4-2-1-3-5-16)96-18-12-8-15(9-13-18)20(45,46)24(52,32(66,67)68)98-40(87,88)28(56,36(78,79)80)102-42(91,92)26(54,34(72,73)74)100-38(83,84)22(49,50)30(60,61)62/h1-13H. The lowest BCUT2D eigenvalue weighted by molar-refractivity contribution is -0.584. The summed E-state index contributed by atoms with van der Waals surface area (Å²) in [7, 11) is -6.42. The summed E-state index contributed by atoms with van der Waals surface area (Å²) in [6, 6.07) is -3.32. The molecule has 0 N–H and O–H groups in total. The maximum Gasteiger partial charge on any atom is 0.647 e. The molecule has 0 aliphatic heterocycles. The Labute approximate surface area is 526 Å². The molecule has 0 saturated carbocycles. The molecular weight excluding hydrogens is 1650 g/mol. The third-order valence-electron chi connectivity index (χ3n) is 11.4. The highest BCUT2D eigenvalue weighted by atomic mass is 31.2. The molecule has 596 valence electrons. The van der Waals surface area contributed by atoms with Crippen molar-refractivity contribution in [2.24, 2.45) is 0 Å². The number of alkyl halides is 50. The first-order valence-electron chi connectivity index (χ1n) is 23.3. The minimum Gasteiger partial charge on any atom is -0.386 e. The van der Waals surface area contributed by atoms with Gasteiger partial charge in [0.1, 0.15) is 17.2 Å². The first kappa shape index (κ1) is 90.8. The molecule has 0 saturated heterocycles. The quantitative estimate of drug-likeness (QED) is 0.0516. The summed E-state index contributed by atoms with van der Waals surface area (Å²) in [5.74, 6) is -90.7.